The molecule has 0 fully saturated rings. The van der Waals surface area contributed by atoms with E-state index >= 15 is 0 Å². The number of carbonyl (C=O) groups is 1. The SMILES string of the molecule is CCOC(=O)CCCCCNc1ccc(-c2cc3c(N[C@H](C)c4ccccc4)ncnc3[nH]2)cc1. The molecule has 35 heavy (non-hydrogen) atoms. The van der Waals surface area contributed by atoms with Gasteiger partial charge in [-0.1, -0.05) is 48.9 Å². The van der Waals surface area contributed by atoms with Crippen LogP contribution in [-0.2, 0) is 9.53 Å². The number of anilines is 2. The normalized spacial score (nSPS) is 11.8. The first kappa shape index (κ1) is 24.3. The van der Waals surface area contributed by atoms with E-state index in [1.54, 1.807) is 6.33 Å². The molecule has 4 aromatic rings. The van der Waals surface area contributed by atoms with Crippen molar-refractivity contribution in [3.05, 3.63) is 72.6 Å². The number of esters is 1. The highest BCUT2D eigenvalue weighted by molar-refractivity contribution is 5.91. The fourth-order valence-corrected chi connectivity index (χ4v) is 4.05. The summed E-state index contributed by atoms with van der Waals surface area (Å²) in [6, 6.07) is 20.9. The molecule has 182 valence electrons. The number of aromatic nitrogens is 3. The van der Waals surface area contributed by atoms with Gasteiger partial charge in [0.1, 0.15) is 17.8 Å². The summed E-state index contributed by atoms with van der Waals surface area (Å²) >= 11 is 0. The molecular weight excluding hydrogens is 438 g/mol. The smallest absolute Gasteiger partial charge is 0.305 e. The first-order chi connectivity index (χ1) is 17.1. The van der Waals surface area contributed by atoms with Crippen molar-refractivity contribution in [1.82, 2.24) is 15.0 Å². The first-order valence-electron chi connectivity index (χ1n) is 12.3. The molecule has 0 saturated heterocycles. The number of carbonyl (C=O) groups excluding carboxylic acids is 1. The van der Waals surface area contributed by atoms with Crippen LogP contribution in [0.5, 0.6) is 0 Å². The van der Waals surface area contributed by atoms with Gasteiger partial charge in [0.05, 0.1) is 12.0 Å². The topological polar surface area (TPSA) is 91.9 Å². The highest BCUT2D eigenvalue weighted by Crippen LogP contribution is 2.29. The summed E-state index contributed by atoms with van der Waals surface area (Å²) < 4.78 is 4.96. The van der Waals surface area contributed by atoms with Gasteiger partial charge in [0.2, 0.25) is 0 Å². The molecule has 0 aliphatic carbocycles. The van der Waals surface area contributed by atoms with Crippen molar-refractivity contribution in [2.75, 3.05) is 23.8 Å². The lowest BCUT2D eigenvalue weighted by atomic mass is 10.1. The maximum absolute atomic E-state index is 11.4. The molecule has 0 unspecified atom stereocenters. The largest absolute Gasteiger partial charge is 0.466 e. The molecule has 0 amide bonds. The molecule has 0 aliphatic heterocycles. The minimum Gasteiger partial charge on any atom is -0.466 e. The standard InChI is InChI=1S/C28H33N5O2/c1-3-35-26(34)12-8-5-9-17-29-23-15-13-22(14-16-23)25-18-24-27(30-19-31-28(24)33-25)32-20(2)21-10-6-4-7-11-21/h4,6-7,10-11,13-16,18-20,29H,3,5,8-9,12,17H2,1-2H3,(H2,30,31,32,33)/t20-/m1/s1. The monoisotopic (exact) mass is 471 g/mol. The fourth-order valence-electron chi connectivity index (χ4n) is 4.05. The first-order valence-corrected chi connectivity index (χ1v) is 12.3. The Hall–Kier alpha value is -3.87. The van der Waals surface area contributed by atoms with Crippen LogP contribution in [-0.4, -0.2) is 34.1 Å². The quantitative estimate of drug-likeness (QED) is 0.165. The number of H-pyrrole nitrogens is 1. The molecule has 7 nitrogen and oxygen atoms in total. The lowest BCUT2D eigenvalue weighted by Gasteiger charge is -2.15. The van der Waals surface area contributed by atoms with Crippen LogP contribution in [0.25, 0.3) is 22.3 Å². The average molecular weight is 472 g/mol. The van der Waals surface area contributed by atoms with Gasteiger partial charge in [-0.05, 0) is 56.0 Å². The number of ether oxygens (including phenoxy) is 1. The van der Waals surface area contributed by atoms with Gasteiger partial charge in [0, 0.05) is 30.4 Å². The molecule has 2 aromatic carbocycles. The zero-order valence-electron chi connectivity index (χ0n) is 20.4. The lowest BCUT2D eigenvalue weighted by Crippen LogP contribution is -2.08. The lowest BCUT2D eigenvalue weighted by molar-refractivity contribution is -0.143. The molecule has 0 spiro atoms. The molecule has 3 N–H and O–H groups in total. The van der Waals surface area contributed by atoms with Crippen LogP contribution in [0.3, 0.4) is 0 Å². The second-order valence-corrected chi connectivity index (χ2v) is 8.56. The molecule has 0 bridgehead atoms. The Morgan fingerprint density at radius 1 is 1.03 bits per heavy atom. The molecule has 2 heterocycles. The van der Waals surface area contributed by atoms with Gasteiger partial charge in [-0.2, -0.15) is 0 Å². The number of rotatable bonds is 12. The van der Waals surface area contributed by atoms with E-state index in [-0.39, 0.29) is 12.0 Å². The minimum absolute atomic E-state index is 0.104. The Morgan fingerprint density at radius 2 is 1.83 bits per heavy atom. The van der Waals surface area contributed by atoms with Gasteiger partial charge >= 0.3 is 5.97 Å². The predicted molar refractivity (Wildman–Crippen MR) is 141 cm³/mol. The van der Waals surface area contributed by atoms with Crippen LogP contribution in [0, 0.1) is 0 Å². The van der Waals surface area contributed by atoms with Gasteiger partial charge in [0.15, 0.2) is 0 Å². The number of hydrogen-bond acceptors (Lipinski definition) is 6. The Bertz CT molecular complexity index is 1220. The third-order valence-electron chi connectivity index (χ3n) is 5.97. The van der Waals surface area contributed by atoms with Crippen molar-refractivity contribution in [2.24, 2.45) is 0 Å². The summed E-state index contributed by atoms with van der Waals surface area (Å²) in [5, 5.41) is 7.94. The average Bonchev–Trinajstić information content (AvgIpc) is 3.33. The van der Waals surface area contributed by atoms with E-state index in [1.807, 2.05) is 25.1 Å². The number of nitrogens with one attached hydrogen (secondary N) is 3. The fraction of sp³-hybridized carbons (Fsp3) is 0.321. The third-order valence-corrected chi connectivity index (χ3v) is 5.97. The Kier molecular flexibility index (Phi) is 8.33. The number of fused-ring (bicyclic) bond motifs is 1. The summed E-state index contributed by atoms with van der Waals surface area (Å²) in [6.45, 7) is 5.29. The van der Waals surface area contributed by atoms with Crippen molar-refractivity contribution in [2.45, 2.75) is 45.6 Å². The molecule has 1 atom stereocenters. The van der Waals surface area contributed by atoms with Crippen LogP contribution < -0.4 is 10.6 Å². The van der Waals surface area contributed by atoms with E-state index in [1.165, 1.54) is 5.56 Å². The number of aromatic amines is 1. The van der Waals surface area contributed by atoms with Crippen LogP contribution in [0.1, 0.15) is 51.1 Å². The number of nitrogens with zero attached hydrogens (tertiary/aromatic N) is 2. The second kappa shape index (κ2) is 12.0. The molecule has 4 rings (SSSR count). The number of hydrogen-bond donors (Lipinski definition) is 3. The highest BCUT2D eigenvalue weighted by Gasteiger charge is 2.12. The van der Waals surface area contributed by atoms with Crippen molar-refractivity contribution in [3.63, 3.8) is 0 Å². The number of unbranched alkanes of at least 4 members (excludes halogenated alkanes) is 2. The van der Waals surface area contributed by atoms with E-state index in [4.69, 9.17) is 4.74 Å². The van der Waals surface area contributed by atoms with E-state index in [2.05, 4.69) is 75.0 Å². The highest BCUT2D eigenvalue weighted by atomic mass is 16.5. The van der Waals surface area contributed by atoms with Gasteiger partial charge in [-0.3, -0.25) is 4.79 Å². The van der Waals surface area contributed by atoms with E-state index in [0.29, 0.717) is 13.0 Å². The molecule has 2 aromatic heterocycles. The van der Waals surface area contributed by atoms with E-state index in [9.17, 15) is 4.79 Å². The van der Waals surface area contributed by atoms with Crippen LogP contribution in [0.2, 0.25) is 0 Å². The zero-order valence-corrected chi connectivity index (χ0v) is 20.4. The Labute approximate surface area is 206 Å². The molecule has 0 saturated carbocycles. The van der Waals surface area contributed by atoms with Crippen molar-refractivity contribution in [1.29, 1.82) is 0 Å². The van der Waals surface area contributed by atoms with Crippen molar-refractivity contribution < 1.29 is 9.53 Å². The van der Waals surface area contributed by atoms with Gasteiger partial charge in [-0.15, -0.1) is 0 Å². The van der Waals surface area contributed by atoms with Crippen LogP contribution in [0.15, 0.2) is 67.0 Å². The predicted octanol–water partition coefficient (Wildman–Crippen LogP) is 6.33. The minimum atomic E-state index is -0.104. The van der Waals surface area contributed by atoms with Gasteiger partial charge < -0.3 is 20.4 Å². The van der Waals surface area contributed by atoms with Crippen LogP contribution in [0.4, 0.5) is 11.5 Å². The number of benzene rings is 2. The second-order valence-electron chi connectivity index (χ2n) is 8.56. The summed E-state index contributed by atoms with van der Waals surface area (Å²) in [5.74, 6) is 0.711. The Balaban J connectivity index is 1.34. The van der Waals surface area contributed by atoms with Crippen LogP contribution >= 0.6 is 0 Å². The van der Waals surface area contributed by atoms with Crippen molar-refractivity contribution in [3.8, 4) is 11.3 Å². The van der Waals surface area contributed by atoms with E-state index < -0.39 is 0 Å². The zero-order chi connectivity index (χ0) is 24.5. The molecule has 7 heteroatoms. The Morgan fingerprint density at radius 3 is 2.60 bits per heavy atom. The maximum atomic E-state index is 11.4. The van der Waals surface area contributed by atoms with Crippen molar-refractivity contribution >= 4 is 28.5 Å². The molecule has 0 aliphatic rings. The van der Waals surface area contributed by atoms with Gasteiger partial charge in [0.25, 0.3) is 0 Å². The van der Waals surface area contributed by atoms with E-state index in [0.717, 1.165) is 59.6 Å². The summed E-state index contributed by atoms with van der Waals surface area (Å²) in [7, 11) is 0. The molecule has 0 radical (unpaired) electrons. The maximum Gasteiger partial charge on any atom is 0.305 e. The summed E-state index contributed by atoms with van der Waals surface area (Å²) in [6.07, 6.45) is 4.96. The molecular formula is C28H33N5O2. The summed E-state index contributed by atoms with van der Waals surface area (Å²) in [5.41, 5.74) is 5.18. The summed E-state index contributed by atoms with van der Waals surface area (Å²) in [4.78, 5) is 23.7. The van der Waals surface area contributed by atoms with Gasteiger partial charge in [-0.25, -0.2) is 9.97 Å². The third kappa shape index (κ3) is 6.59.